The topological polar surface area (TPSA) is 123 Å². The standard InChI is InChI=1S/C24H25ClN8O2/c25-23-30-21(26)20-22(31-23)32(15-28-20)10-4-5-11-35-24(34)27-12-16-8-9-19-29-18(14-33(19)13-16)17-6-2-1-3-7-17/h1-3,6-9,13-15,19,29H,4-5,10-12H2,(H,27,34)(H2,26,30,31). The van der Waals surface area contributed by atoms with E-state index in [9.17, 15) is 4.79 Å². The largest absolute Gasteiger partial charge is 0.450 e. The van der Waals surface area contributed by atoms with Crippen LogP contribution in [0.4, 0.5) is 10.6 Å². The summed E-state index contributed by atoms with van der Waals surface area (Å²) >= 11 is 5.89. The quantitative estimate of drug-likeness (QED) is 0.323. The van der Waals surface area contributed by atoms with Crippen molar-refractivity contribution in [2.45, 2.75) is 25.6 Å². The number of hydrogen-bond acceptors (Lipinski definition) is 8. The van der Waals surface area contributed by atoms with Crippen LogP contribution >= 0.6 is 11.6 Å². The molecule has 5 rings (SSSR count). The first-order valence-corrected chi connectivity index (χ1v) is 11.7. The molecule has 0 saturated heterocycles. The molecule has 3 aromatic rings. The molecule has 11 heteroatoms. The van der Waals surface area contributed by atoms with Crippen LogP contribution < -0.4 is 16.4 Å². The van der Waals surface area contributed by atoms with Crippen molar-refractivity contribution in [1.82, 2.24) is 35.1 Å². The van der Waals surface area contributed by atoms with E-state index in [0.29, 0.717) is 37.3 Å². The Labute approximate surface area is 207 Å². The van der Waals surface area contributed by atoms with E-state index in [-0.39, 0.29) is 17.3 Å². The van der Waals surface area contributed by atoms with Crippen molar-refractivity contribution < 1.29 is 9.53 Å². The highest BCUT2D eigenvalue weighted by Gasteiger charge is 2.23. The number of amides is 1. The van der Waals surface area contributed by atoms with Gasteiger partial charge in [-0.15, -0.1) is 0 Å². The number of alkyl carbamates (subject to hydrolysis) is 1. The van der Waals surface area contributed by atoms with Crippen LogP contribution in [0.5, 0.6) is 0 Å². The molecule has 0 bridgehead atoms. The summed E-state index contributed by atoms with van der Waals surface area (Å²) < 4.78 is 7.17. The van der Waals surface area contributed by atoms with E-state index in [1.807, 2.05) is 35.0 Å². The second kappa shape index (κ2) is 10.1. The molecule has 180 valence electrons. The number of nitrogens with two attached hydrogens (primary N) is 1. The van der Waals surface area contributed by atoms with Crippen LogP contribution in [0, 0.1) is 0 Å². The Kier molecular flexibility index (Phi) is 6.53. The number of carbonyl (C=O) groups excluding carboxylic acids is 1. The molecule has 1 amide bonds. The molecule has 0 aliphatic carbocycles. The van der Waals surface area contributed by atoms with Gasteiger partial charge in [0.15, 0.2) is 11.5 Å². The van der Waals surface area contributed by atoms with Crippen molar-refractivity contribution in [3.05, 3.63) is 77.6 Å². The zero-order chi connectivity index (χ0) is 24.2. The summed E-state index contributed by atoms with van der Waals surface area (Å²) in [7, 11) is 0. The van der Waals surface area contributed by atoms with Gasteiger partial charge in [0.2, 0.25) is 5.28 Å². The van der Waals surface area contributed by atoms with E-state index in [0.717, 1.165) is 23.3 Å². The lowest BCUT2D eigenvalue weighted by atomic mass is 10.2. The summed E-state index contributed by atoms with van der Waals surface area (Å²) in [4.78, 5) is 26.5. The maximum atomic E-state index is 12.1. The minimum Gasteiger partial charge on any atom is -0.450 e. The van der Waals surface area contributed by atoms with Crippen molar-refractivity contribution in [1.29, 1.82) is 0 Å². The maximum Gasteiger partial charge on any atom is 0.407 e. The SMILES string of the molecule is Nc1nc(Cl)nc2c1ncn2CCCCOC(=O)NCC1=CN2C=C(c3ccccc3)NC2C=C1. The van der Waals surface area contributed by atoms with Crippen LogP contribution in [0.1, 0.15) is 18.4 Å². The molecule has 35 heavy (non-hydrogen) atoms. The van der Waals surface area contributed by atoms with Gasteiger partial charge in [0.1, 0.15) is 11.7 Å². The summed E-state index contributed by atoms with van der Waals surface area (Å²) in [6.07, 6.45) is 10.9. The fraction of sp³-hybridized carbons (Fsp3) is 0.250. The minimum absolute atomic E-state index is 0.0763. The van der Waals surface area contributed by atoms with E-state index in [2.05, 4.69) is 54.9 Å². The molecule has 2 aliphatic rings. The van der Waals surface area contributed by atoms with E-state index in [1.165, 1.54) is 0 Å². The lowest BCUT2D eigenvalue weighted by molar-refractivity contribution is 0.144. The first-order valence-electron chi connectivity index (χ1n) is 11.3. The molecule has 1 atom stereocenters. The molecule has 2 aromatic heterocycles. The Morgan fingerprint density at radius 2 is 2.06 bits per heavy atom. The normalized spacial score (nSPS) is 16.5. The Morgan fingerprint density at radius 1 is 1.20 bits per heavy atom. The second-order valence-electron chi connectivity index (χ2n) is 8.19. The van der Waals surface area contributed by atoms with Gasteiger partial charge in [0, 0.05) is 25.5 Å². The number of anilines is 1. The molecule has 4 heterocycles. The third-order valence-corrected chi connectivity index (χ3v) is 5.89. The fourth-order valence-corrected chi connectivity index (χ4v) is 4.14. The van der Waals surface area contributed by atoms with Crippen LogP contribution in [-0.4, -0.2) is 49.8 Å². The maximum absolute atomic E-state index is 12.1. The Morgan fingerprint density at radius 3 is 2.91 bits per heavy atom. The van der Waals surface area contributed by atoms with Crippen molar-refractivity contribution in [3.8, 4) is 0 Å². The third kappa shape index (κ3) is 5.22. The highest BCUT2D eigenvalue weighted by atomic mass is 35.5. The number of ether oxygens (including phenoxy) is 1. The van der Waals surface area contributed by atoms with Crippen LogP contribution in [0.3, 0.4) is 0 Å². The minimum atomic E-state index is -0.443. The average Bonchev–Trinajstić information content (AvgIpc) is 3.47. The first-order chi connectivity index (χ1) is 17.1. The second-order valence-corrected chi connectivity index (χ2v) is 8.53. The van der Waals surface area contributed by atoms with Gasteiger partial charge in [-0.1, -0.05) is 36.4 Å². The number of benzene rings is 1. The Bertz CT molecular complexity index is 1320. The molecule has 0 saturated carbocycles. The molecule has 2 aliphatic heterocycles. The van der Waals surface area contributed by atoms with Gasteiger partial charge < -0.3 is 30.6 Å². The number of hydrogen-bond donors (Lipinski definition) is 3. The number of carbonyl (C=O) groups is 1. The number of unbranched alkanes of at least 4 members (excludes halogenated alkanes) is 1. The van der Waals surface area contributed by atoms with Crippen LogP contribution in [0.2, 0.25) is 5.28 Å². The number of nitrogens with zero attached hydrogens (tertiary/aromatic N) is 5. The first kappa shape index (κ1) is 22.7. The van der Waals surface area contributed by atoms with Gasteiger partial charge in [-0.2, -0.15) is 9.97 Å². The van der Waals surface area contributed by atoms with Crippen LogP contribution in [-0.2, 0) is 11.3 Å². The molecule has 0 radical (unpaired) electrons. The molecular formula is C24H25ClN8O2. The van der Waals surface area contributed by atoms with E-state index >= 15 is 0 Å². The summed E-state index contributed by atoms with van der Waals surface area (Å²) in [5, 5.41) is 6.37. The van der Waals surface area contributed by atoms with Crippen LogP contribution in [0.25, 0.3) is 16.9 Å². The van der Waals surface area contributed by atoms with Crippen molar-refractivity contribution in [3.63, 3.8) is 0 Å². The number of aromatic nitrogens is 4. The molecule has 0 spiro atoms. The zero-order valence-electron chi connectivity index (χ0n) is 18.9. The Hall–Kier alpha value is -4.05. The Balaban J connectivity index is 1.04. The summed E-state index contributed by atoms with van der Waals surface area (Å²) in [6, 6.07) is 10.2. The number of nitrogen functional groups attached to an aromatic ring is 1. The predicted molar refractivity (Wildman–Crippen MR) is 134 cm³/mol. The van der Waals surface area contributed by atoms with Gasteiger partial charge in [-0.3, -0.25) is 0 Å². The van der Waals surface area contributed by atoms with Gasteiger partial charge in [0.05, 0.1) is 18.6 Å². The third-order valence-electron chi connectivity index (χ3n) is 5.72. The number of imidazole rings is 1. The lowest BCUT2D eigenvalue weighted by Gasteiger charge is -2.24. The summed E-state index contributed by atoms with van der Waals surface area (Å²) in [5.74, 6) is 0.255. The monoisotopic (exact) mass is 492 g/mol. The zero-order valence-corrected chi connectivity index (χ0v) is 19.7. The van der Waals surface area contributed by atoms with Crippen molar-refractivity contribution in [2.75, 3.05) is 18.9 Å². The number of nitrogens with one attached hydrogen (secondary N) is 2. The summed E-state index contributed by atoms with van der Waals surface area (Å²) in [6.45, 7) is 1.35. The smallest absolute Gasteiger partial charge is 0.407 e. The van der Waals surface area contributed by atoms with Gasteiger partial charge in [-0.05, 0) is 41.7 Å². The number of aryl methyl sites for hydroxylation is 1. The fourth-order valence-electron chi connectivity index (χ4n) is 3.97. The van der Waals surface area contributed by atoms with E-state index in [4.69, 9.17) is 22.1 Å². The molecule has 10 nitrogen and oxygen atoms in total. The van der Waals surface area contributed by atoms with E-state index in [1.54, 1.807) is 6.33 Å². The molecule has 4 N–H and O–H groups in total. The number of halogens is 1. The highest BCUT2D eigenvalue weighted by molar-refractivity contribution is 6.28. The van der Waals surface area contributed by atoms with Gasteiger partial charge in [0.25, 0.3) is 0 Å². The van der Waals surface area contributed by atoms with Gasteiger partial charge >= 0.3 is 6.09 Å². The molecule has 1 aromatic carbocycles. The van der Waals surface area contributed by atoms with Crippen molar-refractivity contribution in [2.24, 2.45) is 0 Å². The molecular weight excluding hydrogens is 468 g/mol. The average molecular weight is 493 g/mol. The molecule has 0 fully saturated rings. The van der Waals surface area contributed by atoms with E-state index < -0.39 is 6.09 Å². The number of fused-ring (bicyclic) bond motifs is 2. The number of rotatable bonds is 8. The highest BCUT2D eigenvalue weighted by Crippen LogP contribution is 2.24. The summed E-state index contributed by atoms with van der Waals surface area (Å²) in [5.41, 5.74) is 10.1. The lowest BCUT2D eigenvalue weighted by Crippen LogP contribution is -2.34. The van der Waals surface area contributed by atoms with Crippen LogP contribution in [0.15, 0.2) is 66.8 Å². The predicted octanol–water partition coefficient (Wildman–Crippen LogP) is 3.25. The molecule has 1 unspecified atom stereocenters. The van der Waals surface area contributed by atoms with Crippen molar-refractivity contribution >= 4 is 40.4 Å². The van der Waals surface area contributed by atoms with Gasteiger partial charge in [-0.25, -0.2) is 9.78 Å².